The van der Waals surface area contributed by atoms with Crippen LogP contribution in [0.4, 0.5) is 5.69 Å². The maximum Gasteiger partial charge on any atom is 0.264 e. The Morgan fingerprint density at radius 3 is 1.96 bits per heavy atom. The lowest BCUT2D eigenvalue weighted by atomic mass is 10.0. The number of carbonyl (C=O) groups excluding carboxylic acids is 2. The number of amides is 2. The van der Waals surface area contributed by atoms with Gasteiger partial charge in [-0.2, -0.15) is 0 Å². The zero-order valence-electron chi connectivity index (χ0n) is 26.1. The van der Waals surface area contributed by atoms with Crippen molar-refractivity contribution in [3.05, 3.63) is 130 Å². The monoisotopic (exact) mass is 645 g/mol. The standard InChI is InChI=1S/C36H40ClN3O4S/c1-26(2)23-38-36(42)34(22-29-10-6-5-7-11-29)39(24-30-18-14-27(3)15-19-30)35(41)25-40(33-13-9-8-12-32(33)37)45(43,44)31-20-16-28(4)17-21-31/h5-21,26,34H,22-25H2,1-4H3,(H,38,42)/t34-/m0/s1. The van der Waals surface area contributed by atoms with Gasteiger partial charge in [0.1, 0.15) is 12.6 Å². The molecule has 236 valence electrons. The molecule has 2 amide bonds. The molecule has 0 saturated heterocycles. The predicted octanol–water partition coefficient (Wildman–Crippen LogP) is 6.56. The molecule has 45 heavy (non-hydrogen) atoms. The molecule has 7 nitrogen and oxygen atoms in total. The maximum absolute atomic E-state index is 14.5. The van der Waals surface area contributed by atoms with Gasteiger partial charge >= 0.3 is 0 Å². The summed E-state index contributed by atoms with van der Waals surface area (Å²) in [5.41, 5.74) is 3.82. The van der Waals surface area contributed by atoms with E-state index in [1.807, 2.05) is 82.3 Å². The van der Waals surface area contributed by atoms with Gasteiger partial charge in [-0.05, 0) is 55.2 Å². The third-order valence-corrected chi connectivity index (χ3v) is 9.53. The number of benzene rings is 4. The number of rotatable bonds is 13. The molecule has 4 aromatic rings. The molecule has 0 aliphatic heterocycles. The Bertz CT molecular complexity index is 1690. The zero-order valence-corrected chi connectivity index (χ0v) is 27.7. The van der Waals surface area contributed by atoms with Gasteiger partial charge in [-0.3, -0.25) is 13.9 Å². The van der Waals surface area contributed by atoms with Crippen LogP contribution in [0.5, 0.6) is 0 Å². The van der Waals surface area contributed by atoms with E-state index in [1.165, 1.54) is 17.0 Å². The number of nitrogens with one attached hydrogen (secondary N) is 1. The molecule has 0 radical (unpaired) electrons. The second kappa shape index (κ2) is 15.2. The Hall–Kier alpha value is -4.14. The number of nitrogens with zero attached hydrogens (tertiary/aromatic N) is 2. The molecule has 0 aliphatic rings. The molecular formula is C36H40ClN3O4S. The lowest BCUT2D eigenvalue weighted by molar-refractivity contribution is -0.140. The number of carbonyl (C=O) groups is 2. The second-order valence-corrected chi connectivity index (χ2v) is 13.9. The first kappa shape index (κ1) is 33.7. The Balaban J connectivity index is 1.80. The van der Waals surface area contributed by atoms with E-state index in [0.717, 1.165) is 26.6 Å². The van der Waals surface area contributed by atoms with Crippen LogP contribution in [0.3, 0.4) is 0 Å². The number of hydrogen-bond acceptors (Lipinski definition) is 4. The van der Waals surface area contributed by atoms with E-state index < -0.39 is 28.5 Å². The Morgan fingerprint density at radius 1 is 0.778 bits per heavy atom. The van der Waals surface area contributed by atoms with Gasteiger partial charge < -0.3 is 10.2 Å². The van der Waals surface area contributed by atoms with E-state index >= 15 is 0 Å². The minimum Gasteiger partial charge on any atom is -0.354 e. The second-order valence-electron chi connectivity index (χ2n) is 11.6. The summed E-state index contributed by atoms with van der Waals surface area (Å²) < 4.78 is 29.3. The first-order chi connectivity index (χ1) is 21.5. The molecule has 0 spiro atoms. The van der Waals surface area contributed by atoms with E-state index in [-0.39, 0.29) is 40.4 Å². The van der Waals surface area contributed by atoms with Crippen molar-refractivity contribution < 1.29 is 18.0 Å². The van der Waals surface area contributed by atoms with Crippen LogP contribution < -0.4 is 9.62 Å². The van der Waals surface area contributed by atoms with Crippen LogP contribution in [0.1, 0.15) is 36.1 Å². The van der Waals surface area contributed by atoms with Gasteiger partial charge in [0, 0.05) is 19.5 Å². The summed E-state index contributed by atoms with van der Waals surface area (Å²) in [7, 11) is -4.23. The van der Waals surface area contributed by atoms with E-state index in [1.54, 1.807) is 36.4 Å². The van der Waals surface area contributed by atoms with Crippen molar-refractivity contribution in [2.75, 3.05) is 17.4 Å². The van der Waals surface area contributed by atoms with Gasteiger partial charge in [0.05, 0.1) is 15.6 Å². The molecule has 0 saturated carbocycles. The molecule has 4 rings (SSSR count). The SMILES string of the molecule is Cc1ccc(CN(C(=O)CN(c2ccccc2Cl)S(=O)(=O)c2ccc(C)cc2)[C@@H](Cc2ccccc2)C(=O)NCC(C)C)cc1. The van der Waals surface area contributed by atoms with Crippen molar-refractivity contribution in [1.29, 1.82) is 0 Å². The molecule has 4 aromatic carbocycles. The van der Waals surface area contributed by atoms with E-state index in [0.29, 0.717) is 6.54 Å². The largest absolute Gasteiger partial charge is 0.354 e. The minimum atomic E-state index is -4.23. The fourth-order valence-electron chi connectivity index (χ4n) is 4.87. The molecule has 0 aromatic heterocycles. The molecular weight excluding hydrogens is 606 g/mol. The summed E-state index contributed by atoms with van der Waals surface area (Å²) >= 11 is 6.54. The quantitative estimate of drug-likeness (QED) is 0.178. The van der Waals surface area contributed by atoms with Crippen LogP contribution in [0.25, 0.3) is 0 Å². The number of hydrogen-bond donors (Lipinski definition) is 1. The summed E-state index contributed by atoms with van der Waals surface area (Å²) in [5.74, 6) is -0.645. The van der Waals surface area contributed by atoms with Crippen LogP contribution in [0.15, 0.2) is 108 Å². The highest BCUT2D eigenvalue weighted by atomic mass is 35.5. The van der Waals surface area contributed by atoms with Crippen LogP contribution >= 0.6 is 11.6 Å². The summed E-state index contributed by atoms with van der Waals surface area (Å²) in [5, 5.41) is 3.18. The van der Waals surface area contributed by atoms with Gasteiger partial charge in [-0.25, -0.2) is 8.42 Å². The van der Waals surface area contributed by atoms with Crippen molar-refractivity contribution in [3.63, 3.8) is 0 Å². The van der Waals surface area contributed by atoms with Gasteiger partial charge in [-0.1, -0.05) is 115 Å². The van der Waals surface area contributed by atoms with Crippen LogP contribution in [-0.2, 0) is 32.6 Å². The maximum atomic E-state index is 14.5. The van der Waals surface area contributed by atoms with E-state index in [4.69, 9.17) is 11.6 Å². The van der Waals surface area contributed by atoms with Gasteiger partial charge in [0.2, 0.25) is 11.8 Å². The summed E-state index contributed by atoms with van der Waals surface area (Å²) in [4.78, 5) is 29.9. The normalized spacial score (nSPS) is 12.0. The molecule has 1 atom stereocenters. The lowest BCUT2D eigenvalue weighted by Crippen LogP contribution is -2.53. The highest BCUT2D eigenvalue weighted by Crippen LogP contribution is 2.31. The summed E-state index contributed by atoms with van der Waals surface area (Å²) in [6, 6.07) is 29.3. The highest BCUT2D eigenvalue weighted by molar-refractivity contribution is 7.92. The molecule has 9 heteroatoms. The smallest absolute Gasteiger partial charge is 0.264 e. The molecule has 0 bridgehead atoms. The third kappa shape index (κ3) is 8.96. The number of sulfonamides is 1. The number of aryl methyl sites for hydroxylation is 2. The minimum absolute atomic E-state index is 0.0291. The summed E-state index contributed by atoms with van der Waals surface area (Å²) in [6.45, 7) is 7.82. The Kier molecular flexibility index (Phi) is 11.4. The fraction of sp³-hybridized carbons (Fsp3) is 0.278. The van der Waals surface area contributed by atoms with Gasteiger partial charge in [0.25, 0.3) is 10.0 Å². The van der Waals surface area contributed by atoms with Crippen molar-refractivity contribution in [2.24, 2.45) is 5.92 Å². The Morgan fingerprint density at radius 2 is 1.36 bits per heavy atom. The lowest BCUT2D eigenvalue weighted by Gasteiger charge is -2.34. The van der Waals surface area contributed by atoms with Gasteiger partial charge in [0.15, 0.2) is 0 Å². The third-order valence-electron chi connectivity index (χ3n) is 7.44. The Labute approximate surface area is 271 Å². The molecule has 1 N–H and O–H groups in total. The first-order valence-electron chi connectivity index (χ1n) is 15.0. The van der Waals surface area contributed by atoms with Crippen molar-refractivity contribution in [1.82, 2.24) is 10.2 Å². The first-order valence-corrected chi connectivity index (χ1v) is 16.8. The van der Waals surface area contributed by atoms with Gasteiger partial charge in [-0.15, -0.1) is 0 Å². The number of anilines is 1. The molecule has 0 unspecified atom stereocenters. The average molecular weight is 646 g/mol. The molecule has 0 heterocycles. The van der Waals surface area contributed by atoms with E-state index in [2.05, 4.69) is 5.32 Å². The molecule has 0 aliphatic carbocycles. The molecule has 0 fully saturated rings. The van der Waals surface area contributed by atoms with Crippen molar-refractivity contribution in [2.45, 2.75) is 51.6 Å². The van der Waals surface area contributed by atoms with Crippen LogP contribution in [0, 0.1) is 19.8 Å². The summed E-state index contributed by atoms with van der Waals surface area (Å²) in [6.07, 6.45) is 0.249. The van der Waals surface area contributed by atoms with Crippen molar-refractivity contribution >= 4 is 39.1 Å². The number of halogens is 1. The van der Waals surface area contributed by atoms with Crippen molar-refractivity contribution in [3.8, 4) is 0 Å². The average Bonchev–Trinajstić information content (AvgIpc) is 3.02. The number of para-hydroxylation sites is 1. The van der Waals surface area contributed by atoms with Crippen LogP contribution in [-0.4, -0.2) is 44.3 Å². The zero-order chi connectivity index (χ0) is 32.6. The highest BCUT2D eigenvalue weighted by Gasteiger charge is 2.35. The van der Waals surface area contributed by atoms with Crippen LogP contribution in [0.2, 0.25) is 5.02 Å². The predicted molar refractivity (Wildman–Crippen MR) is 181 cm³/mol. The topological polar surface area (TPSA) is 86.8 Å². The fourth-order valence-corrected chi connectivity index (χ4v) is 6.59. The van der Waals surface area contributed by atoms with E-state index in [9.17, 15) is 18.0 Å².